The van der Waals surface area contributed by atoms with E-state index in [2.05, 4.69) is 0 Å². The summed E-state index contributed by atoms with van der Waals surface area (Å²) < 4.78 is 13.4. The van der Waals surface area contributed by atoms with E-state index in [1.54, 1.807) is 25.1 Å². The number of halogens is 1. The summed E-state index contributed by atoms with van der Waals surface area (Å²) in [4.78, 5) is 12.9. The Morgan fingerprint density at radius 1 is 1.50 bits per heavy atom. The smallest absolute Gasteiger partial charge is 0.178 e. The van der Waals surface area contributed by atoms with Gasteiger partial charge in [-0.15, -0.1) is 0 Å². The minimum atomic E-state index is -0.408. The van der Waals surface area contributed by atoms with Crippen LogP contribution in [0.25, 0.3) is 0 Å². The second-order valence-electron chi connectivity index (χ2n) is 3.16. The van der Waals surface area contributed by atoms with Gasteiger partial charge >= 0.3 is 0 Å². The summed E-state index contributed by atoms with van der Waals surface area (Å²) in [6.45, 7) is -0.107. The first-order valence-corrected chi connectivity index (χ1v) is 4.27. The van der Waals surface area contributed by atoms with Crippen LogP contribution in [-0.2, 0) is 0 Å². The lowest BCUT2D eigenvalue weighted by molar-refractivity contribution is 0.100. The Balaban J connectivity index is 3.28. The lowest BCUT2D eigenvalue weighted by Gasteiger charge is -2.16. The molecular weight excluding hydrogens is 183 g/mol. The maximum absolute atomic E-state index is 13.4. The quantitative estimate of drug-likeness (QED) is 0.734. The first-order valence-electron chi connectivity index (χ1n) is 4.27. The van der Waals surface area contributed by atoms with E-state index in [9.17, 15) is 9.18 Å². The Morgan fingerprint density at radius 2 is 2.14 bits per heavy atom. The highest BCUT2D eigenvalue weighted by molar-refractivity contribution is 6.02. The third kappa shape index (κ3) is 1.90. The van der Waals surface area contributed by atoms with Crippen LogP contribution in [-0.4, -0.2) is 26.4 Å². The van der Waals surface area contributed by atoms with E-state index in [4.69, 9.17) is 5.73 Å². The molecule has 0 atom stereocenters. The SMILES string of the molecule is CN(C)c1c(F)cccc1C(=O)CN. The van der Waals surface area contributed by atoms with Gasteiger partial charge in [-0.2, -0.15) is 0 Å². The number of benzene rings is 1. The van der Waals surface area contributed by atoms with Crippen LogP contribution in [0.15, 0.2) is 18.2 Å². The van der Waals surface area contributed by atoms with Gasteiger partial charge in [0.05, 0.1) is 12.2 Å². The van der Waals surface area contributed by atoms with Gasteiger partial charge in [0.2, 0.25) is 0 Å². The third-order valence-corrected chi connectivity index (χ3v) is 1.92. The highest BCUT2D eigenvalue weighted by atomic mass is 19.1. The van der Waals surface area contributed by atoms with Crippen molar-refractivity contribution in [3.05, 3.63) is 29.6 Å². The highest BCUT2D eigenvalue weighted by Crippen LogP contribution is 2.22. The molecule has 0 saturated heterocycles. The van der Waals surface area contributed by atoms with E-state index in [-0.39, 0.29) is 12.3 Å². The zero-order valence-corrected chi connectivity index (χ0v) is 8.25. The van der Waals surface area contributed by atoms with Gasteiger partial charge in [0.25, 0.3) is 0 Å². The van der Waals surface area contributed by atoms with E-state index >= 15 is 0 Å². The van der Waals surface area contributed by atoms with Gasteiger partial charge < -0.3 is 10.6 Å². The molecule has 0 heterocycles. The predicted molar refractivity (Wildman–Crippen MR) is 54.1 cm³/mol. The molecule has 0 unspecified atom stereocenters. The van der Waals surface area contributed by atoms with E-state index < -0.39 is 5.82 Å². The summed E-state index contributed by atoms with van der Waals surface area (Å²) in [6.07, 6.45) is 0. The van der Waals surface area contributed by atoms with Crippen LogP contribution in [0.5, 0.6) is 0 Å². The Morgan fingerprint density at radius 3 is 2.64 bits per heavy atom. The second kappa shape index (κ2) is 4.19. The van der Waals surface area contributed by atoms with Crippen LogP contribution in [0, 0.1) is 5.82 Å². The second-order valence-corrected chi connectivity index (χ2v) is 3.16. The molecule has 1 aromatic rings. The fourth-order valence-electron chi connectivity index (χ4n) is 1.30. The summed E-state index contributed by atoms with van der Waals surface area (Å²) >= 11 is 0. The number of hydrogen-bond donors (Lipinski definition) is 1. The molecule has 0 aliphatic carbocycles. The minimum absolute atomic E-state index is 0.107. The molecule has 14 heavy (non-hydrogen) atoms. The van der Waals surface area contributed by atoms with Gasteiger partial charge in [-0.1, -0.05) is 6.07 Å². The predicted octanol–water partition coefficient (Wildman–Crippen LogP) is 1.03. The Hall–Kier alpha value is -1.42. The summed E-state index contributed by atoms with van der Waals surface area (Å²) in [5.41, 5.74) is 5.86. The van der Waals surface area contributed by atoms with Crippen LogP contribution < -0.4 is 10.6 Å². The lowest BCUT2D eigenvalue weighted by Crippen LogP contribution is -2.20. The van der Waals surface area contributed by atoms with Crippen LogP contribution in [0.4, 0.5) is 10.1 Å². The number of rotatable bonds is 3. The van der Waals surface area contributed by atoms with Crippen molar-refractivity contribution in [2.45, 2.75) is 0 Å². The summed E-state index contributed by atoms with van der Waals surface area (Å²) in [5, 5.41) is 0. The first-order chi connectivity index (χ1) is 6.57. The average molecular weight is 196 g/mol. The van der Waals surface area contributed by atoms with E-state index in [0.717, 1.165) is 0 Å². The lowest BCUT2D eigenvalue weighted by atomic mass is 10.1. The zero-order chi connectivity index (χ0) is 10.7. The van der Waals surface area contributed by atoms with Crippen molar-refractivity contribution in [3.8, 4) is 0 Å². The van der Waals surface area contributed by atoms with Crippen molar-refractivity contribution < 1.29 is 9.18 Å². The molecular formula is C10H13FN2O. The Bertz CT molecular complexity index is 350. The summed E-state index contributed by atoms with van der Waals surface area (Å²) in [6, 6.07) is 4.40. The minimum Gasteiger partial charge on any atom is -0.375 e. The summed E-state index contributed by atoms with van der Waals surface area (Å²) in [5.74, 6) is -0.664. The molecule has 0 radical (unpaired) electrons. The number of anilines is 1. The molecule has 0 spiro atoms. The Kier molecular flexibility index (Phi) is 3.19. The van der Waals surface area contributed by atoms with Crippen molar-refractivity contribution in [1.82, 2.24) is 0 Å². The van der Waals surface area contributed by atoms with Gasteiger partial charge in [-0.25, -0.2) is 4.39 Å². The topological polar surface area (TPSA) is 46.3 Å². The molecule has 0 aliphatic rings. The molecule has 0 bridgehead atoms. The molecule has 1 rings (SSSR count). The van der Waals surface area contributed by atoms with E-state index in [1.165, 1.54) is 12.1 Å². The molecule has 0 aromatic heterocycles. The van der Waals surface area contributed by atoms with Crippen molar-refractivity contribution >= 4 is 11.5 Å². The van der Waals surface area contributed by atoms with Crippen molar-refractivity contribution in [1.29, 1.82) is 0 Å². The van der Waals surface area contributed by atoms with Crippen molar-refractivity contribution in [2.24, 2.45) is 5.73 Å². The molecule has 0 saturated carbocycles. The van der Waals surface area contributed by atoms with Crippen LogP contribution in [0.2, 0.25) is 0 Å². The van der Waals surface area contributed by atoms with Gasteiger partial charge in [-0.05, 0) is 12.1 Å². The molecule has 0 aliphatic heterocycles. The number of Topliss-reactive ketones (excluding diaryl/α,β-unsaturated/α-hetero) is 1. The molecule has 3 nitrogen and oxygen atoms in total. The van der Waals surface area contributed by atoms with Crippen LogP contribution in [0.1, 0.15) is 10.4 Å². The van der Waals surface area contributed by atoms with E-state index in [0.29, 0.717) is 11.3 Å². The molecule has 76 valence electrons. The molecule has 1 aromatic carbocycles. The van der Waals surface area contributed by atoms with Crippen molar-refractivity contribution in [2.75, 3.05) is 25.5 Å². The van der Waals surface area contributed by atoms with E-state index in [1.807, 2.05) is 0 Å². The molecule has 2 N–H and O–H groups in total. The van der Waals surface area contributed by atoms with Gasteiger partial charge in [0.1, 0.15) is 5.82 Å². The third-order valence-electron chi connectivity index (χ3n) is 1.92. The molecule has 4 heteroatoms. The number of nitrogens with zero attached hydrogens (tertiary/aromatic N) is 1. The fraction of sp³-hybridized carbons (Fsp3) is 0.300. The summed E-state index contributed by atoms with van der Waals surface area (Å²) in [7, 11) is 3.37. The maximum Gasteiger partial charge on any atom is 0.178 e. The number of carbonyl (C=O) groups excluding carboxylic acids is 1. The maximum atomic E-state index is 13.4. The molecule has 0 amide bonds. The molecule has 0 fully saturated rings. The first kappa shape index (κ1) is 10.7. The standard InChI is InChI=1S/C10H13FN2O/c1-13(2)10-7(9(14)6-12)4-3-5-8(10)11/h3-5H,6,12H2,1-2H3. The number of hydrogen-bond acceptors (Lipinski definition) is 3. The number of ketones is 1. The van der Waals surface area contributed by atoms with Crippen LogP contribution >= 0.6 is 0 Å². The van der Waals surface area contributed by atoms with Gasteiger partial charge in [0, 0.05) is 19.7 Å². The largest absolute Gasteiger partial charge is 0.375 e. The van der Waals surface area contributed by atoms with Crippen molar-refractivity contribution in [3.63, 3.8) is 0 Å². The van der Waals surface area contributed by atoms with Crippen LogP contribution in [0.3, 0.4) is 0 Å². The number of carbonyl (C=O) groups is 1. The average Bonchev–Trinajstić information content (AvgIpc) is 2.15. The normalized spacial score (nSPS) is 10.0. The number of para-hydroxylation sites is 1. The fourth-order valence-corrected chi connectivity index (χ4v) is 1.30. The zero-order valence-electron chi connectivity index (χ0n) is 8.25. The Labute approximate surface area is 82.3 Å². The monoisotopic (exact) mass is 196 g/mol. The number of nitrogens with two attached hydrogens (primary N) is 1. The highest BCUT2D eigenvalue weighted by Gasteiger charge is 2.14. The van der Waals surface area contributed by atoms with Gasteiger partial charge in [-0.3, -0.25) is 4.79 Å². The van der Waals surface area contributed by atoms with Gasteiger partial charge in [0.15, 0.2) is 5.78 Å².